The number of halogens is 1. The molecule has 1 aliphatic heterocycles. The molecule has 8 nitrogen and oxygen atoms in total. The Bertz CT molecular complexity index is 1100. The van der Waals surface area contributed by atoms with Crippen LogP contribution in [0.1, 0.15) is 49.9 Å². The summed E-state index contributed by atoms with van der Waals surface area (Å²) < 4.78 is 31.1. The second-order valence-corrected chi connectivity index (χ2v) is 11.5. The fourth-order valence-electron chi connectivity index (χ4n) is 3.84. The normalized spacial score (nSPS) is 19.5. The molecule has 1 aliphatic rings. The van der Waals surface area contributed by atoms with E-state index in [1.54, 1.807) is 36.1 Å². The summed E-state index contributed by atoms with van der Waals surface area (Å²) in [6.07, 6.45) is 0.168. The number of hydrogen-bond acceptors (Lipinski definition) is 6. The molecule has 0 bridgehead atoms. The first-order valence-electron chi connectivity index (χ1n) is 11.2. The summed E-state index contributed by atoms with van der Waals surface area (Å²) >= 11 is 6.34. The van der Waals surface area contributed by atoms with Gasteiger partial charge in [-0.1, -0.05) is 42.5 Å². The predicted molar refractivity (Wildman–Crippen MR) is 133 cm³/mol. The van der Waals surface area contributed by atoms with Gasteiger partial charge in [0, 0.05) is 19.6 Å². The van der Waals surface area contributed by atoms with Crippen LogP contribution >= 0.6 is 11.6 Å². The average molecular weight is 509 g/mol. The van der Waals surface area contributed by atoms with Crippen molar-refractivity contribution in [1.82, 2.24) is 20.5 Å². The highest BCUT2D eigenvalue weighted by atomic mass is 35.5. The molecule has 1 amide bonds. The molecule has 0 spiro atoms. The SMILES string of the molecule is Cc1ccccc1S(=O)(=O)NNCc1ccccc1C1CNC(Cl)CCN1C(=O)OC(C)(C)C. The van der Waals surface area contributed by atoms with Gasteiger partial charge in [-0.05, 0) is 56.9 Å². The van der Waals surface area contributed by atoms with Crippen molar-refractivity contribution < 1.29 is 17.9 Å². The highest BCUT2D eigenvalue weighted by Crippen LogP contribution is 2.28. The lowest BCUT2D eigenvalue weighted by molar-refractivity contribution is 0.0173. The first kappa shape index (κ1) is 26.4. The maximum atomic E-state index is 13.0. The van der Waals surface area contributed by atoms with Crippen molar-refractivity contribution in [2.45, 2.75) is 62.7 Å². The van der Waals surface area contributed by atoms with Crippen LogP contribution in [0.2, 0.25) is 0 Å². The number of hydrazine groups is 1. The molecule has 0 radical (unpaired) electrons. The number of benzene rings is 2. The Morgan fingerprint density at radius 2 is 1.85 bits per heavy atom. The summed E-state index contributed by atoms with van der Waals surface area (Å²) in [5.74, 6) is 0. The van der Waals surface area contributed by atoms with Crippen molar-refractivity contribution >= 4 is 27.7 Å². The molecule has 2 unspecified atom stereocenters. The highest BCUT2D eigenvalue weighted by molar-refractivity contribution is 7.89. The van der Waals surface area contributed by atoms with E-state index in [2.05, 4.69) is 15.6 Å². The third-order valence-electron chi connectivity index (χ3n) is 5.44. The van der Waals surface area contributed by atoms with Crippen molar-refractivity contribution in [3.05, 3.63) is 65.2 Å². The summed E-state index contributed by atoms with van der Waals surface area (Å²) in [4.78, 5) is 17.4. The Morgan fingerprint density at radius 1 is 1.18 bits per heavy atom. The van der Waals surface area contributed by atoms with E-state index in [1.807, 2.05) is 45.0 Å². The molecule has 1 fully saturated rings. The van der Waals surface area contributed by atoms with Crippen LogP contribution in [0.3, 0.4) is 0 Å². The number of aryl methyl sites for hydroxylation is 1. The lowest BCUT2D eigenvalue weighted by Crippen LogP contribution is -2.42. The van der Waals surface area contributed by atoms with E-state index in [0.29, 0.717) is 25.1 Å². The third-order valence-corrected chi connectivity index (χ3v) is 7.27. The second-order valence-electron chi connectivity index (χ2n) is 9.28. The minimum Gasteiger partial charge on any atom is -0.444 e. The second kappa shape index (κ2) is 11.0. The average Bonchev–Trinajstić information content (AvgIpc) is 2.94. The minimum atomic E-state index is -3.73. The molecule has 2 atom stereocenters. The first-order chi connectivity index (χ1) is 16.0. The van der Waals surface area contributed by atoms with Crippen LogP contribution in [0.15, 0.2) is 53.4 Å². The first-order valence-corrected chi connectivity index (χ1v) is 13.1. The van der Waals surface area contributed by atoms with E-state index < -0.39 is 21.7 Å². The molecule has 0 aromatic heterocycles. The van der Waals surface area contributed by atoms with E-state index >= 15 is 0 Å². The van der Waals surface area contributed by atoms with Gasteiger partial charge < -0.3 is 4.74 Å². The van der Waals surface area contributed by atoms with E-state index in [4.69, 9.17) is 16.3 Å². The van der Waals surface area contributed by atoms with Gasteiger partial charge in [0.05, 0.1) is 16.4 Å². The zero-order valence-corrected chi connectivity index (χ0v) is 21.5. The monoisotopic (exact) mass is 508 g/mol. The summed E-state index contributed by atoms with van der Waals surface area (Å²) in [6, 6.07) is 14.1. The molecular formula is C24H33ClN4O4S. The molecule has 1 heterocycles. The number of ether oxygens (including phenoxy) is 1. The van der Waals surface area contributed by atoms with Gasteiger partial charge in [0.2, 0.25) is 0 Å². The lowest BCUT2D eigenvalue weighted by atomic mass is 9.99. The van der Waals surface area contributed by atoms with Crippen LogP contribution in [0, 0.1) is 6.92 Å². The molecule has 0 saturated carbocycles. The van der Waals surface area contributed by atoms with Gasteiger partial charge in [-0.15, -0.1) is 16.4 Å². The number of sulfonamides is 1. The standard InChI is InChI=1S/C24H33ClN4O4S/c1-17-9-5-8-12-21(17)34(31,32)28-27-15-18-10-6-7-11-19(18)20-16-26-22(25)13-14-29(20)23(30)33-24(2,3)4/h5-12,20,22,26-28H,13-16H2,1-4H3. The molecule has 2 aromatic rings. The minimum absolute atomic E-state index is 0.216. The van der Waals surface area contributed by atoms with E-state index in [9.17, 15) is 13.2 Å². The van der Waals surface area contributed by atoms with Crippen molar-refractivity contribution in [1.29, 1.82) is 0 Å². The topological polar surface area (TPSA) is 99.8 Å². The molecular weight excluding hydrogens is 476 g/mol. The van der Waals surface area contributed by atoms with E-state index in [-0.39, 0.29) is 23.0 Å². The third kappa shape index (κ3) is 6.93. The zero-order chi connectivity index (χ0) is 24.9. The van der Waals surface area contributed by atoms with Gasteiger partial charge >= 0.3 is 6.09 Å². The van der Waals surface area contributed by atoms with Crippen molar-refractivity contribution in [3.63, 3.8) is 0 Å². The molecule has 2 aromatic carbocycles. The van der Waals surface area contributed by atoms with Crippen LogP contribution in [-0.2, 0) is 21.3 Å². The Hall–Kier alpha value is -2.17. The van der Waals surface area contributed by atoms with Crippen molar-refractivity contribution in [2.24, 2.45) is 0 Å². The molecule has 34 heavy (non-hydrogen) atoms. The van der Waals surface area contributed by atoms with E-state index in [1.165, 1.54) is 0 Å². The van der Waals surface area contributed by atoms with Crippen LogP contribution in [0.4, 0.5) is 4.79 Å². The van der Waals surface area contributed by atoms with Crippen LogP contribution in [0.5, 0.6) is 0 Å². The maximum Gasteiger partial charge on any atom is 0.410 e. The van der Waals surface area contributed by atoms with Crippen LogP contribution in [-0.4, -0.2) is 43.6 Å². The van der Waals surface area contributed by atoms with Gasteiger partial charge in [-0.3, -0.25) is 10.2 Å². The number of nitrogens with one attached hydrogen (secondary N) is 3. The summed E-state index contributed by atoms with van der Waals surface area (Å²) in [5.41, 5.74) is 4.34. The Balaban J connectivity index is 1.80. The van der Waals surface area contributed by atoms with Crippen LogP contribution in [0.25, 0.3) is 0 Å². The number of rotatable bonds is 6. The van der Waals surface area contributed by atoms with Gasteiger partial charge in [0.25, 0.3) is 10.0 Å². The summed E-state index contributed by atoms with van der Waals surface area (Å²) in [5, 5.41) is 3.26. The lowest BCUT2D eigenvalue weighted by Gasteiger charge is -2.33. The maximum absolute atomic E-state index is 13.0. The fourth-order valence-corrected chi connectivity index (χ4v) is 5.14. The van der Waals surface area contributed by atoms with Gasteiger partial charge in [0.15, 0.2) is 0 Å². The molecule has 0 aliphatic carbocycles. The van der Waals surface area contributed by atoms with Gasteiger partial charge in [-0.25, -0.2) is 18.6 Å². The number of alkyl halides is 1. The highest BCUT2D eigenvalue weighted by Gasteiger charge is 2.33. The summed E-state index contributed by atoms with van der Waals surface area (Å²) in [6.45, 7) is 8.35. The van der Waals surface area contributed by atoms with Crippen molar-refractivity contribution in [2.75, 3.05) is 13.1 Å². The molecule has 3 N–H and O–H groups in total. The zero-order valence-electron chi connectivity index (χ0n) is 20.0. The number of carbonyl (C=O) groups is 1. The van der Waals surface area contributed by atoms with Gasteiger partial charge in [-0.2, -0.15) is 0 Å². The fraction of sp³-hybridized carbons (Fsp3) is 0.458. The number of carbonyl (C=O) groups excluding carboxylic acids is 1. The molecule has 3 rings (SSSR count). The number of amides is 1. The Labute approximate surface area is 207 Å². The van der Waals surface area contributed by atoms with Crippen LogP contribution < -0.4 is 15.6 Å². The van der Waals surface area contributed by atoms with E-state index in [0.717, 1.165) is 11.1 Å². The summed E-state index contributed by atoms with van der Waals surface area (Å²) in [7, 11) is -3.73. The molecule has 10 heteroatoms. The number of nitrogens with zero attached hydrogens (tertiary/aromatic N) is 1. The molecule has 1 saturated heterocycles. The smallest absolute Gasteiger partial charge is 0.410 e. The molecule has 186 valence electrons. The predicted octanol–water partition coefficient (Wildman–Crippen LogP) is 3.81. The Morgan fingerprint density at radius 3 is 2.56 bits per heavy atom. The Kier molecular flexibility index (Phi) is 8.59. The quantitative estimate of drug-likeness (QED) is 0.311. The van der Waals surface area contributed by atoms with Crippen molar-refractivity contribution in [3.8, 4) is 0 Å². The number of hydrogen-bond donors (Lipinski definition) is 3. The largest absolute Gasteiger partial charge is 0.444 e. The van der Waals surface area contributed by atoms with Gasteiger partial charge in [0.1, 0.15) is 5.60 Å².